The third-order valence-corrected chi connectivity index (χ3v) is 4.34. The molecule has 6 heteroatoms. The lowest BCUT2D eigenvalue weighted by atomic mass is 10.2. The number of carbonyl (C=O) groups is 1. The Kier molecular flexibility index (Phi) is 5.43. The summed E-state index contributed by atoms with van der Waals surface area (Å²) >= 11 is 6.08. The Morgan fingerprint density at radius 1 is 1.12 bits per heavy atom. The van der Waals surface area contributed by atoms with Crippen LogP contribution < -0.4 is 9.80 Å². The van der Waals surface area contributed by atoms with E-state index in [1.807, 2.05) is 38.1 Å². The second kappa shape index (κ2) is 7.74. The number of carbonyl (C=O) groups excluding carboxylic acids is 1. The standard InChI is InChI=1S/C19H22ClN3O2/c1-14(2)25-19(24)15-6-7-18(21-13-15)23-10-8-22(9-11-23)17-5-3-4-16(20)12-17/h3-7,12-14H,8-11H2,1-2H3. The molecule has 5 nitrogen and oxygen atoms in total. The van der Waals surface area contributed by atoms with E-state index in [2.05, 4.69) is 20.9 Å². The van der Waals surface area contributed by atoms with Crippen LogP contribution in [0.2, 0.25) is 5.02 Å². The monoisotopic (exact) mass is 359 g/mol. The maximum atomic E-state index is 11.9. The molecule has 1 aliphatic rings. The Labute approximate surface area is 153 Å². The molecule has 1 aromatic carbocycles. The van der Waals surface area contributed by atoms with E-state index >= 15 is 0 Å². The van der Waals surface area contributed by atoms with E-state index in [9.17, 15) is 4.79 Å². The van der Waals surface area contributed by atoms with Crippen LogP contribution in [0.15, 0.2) is 42.6 Å². The largest absolute Gasteiger partial charge is 0.459 e. The summed E-state index contributed by atoms with van der Waals surface area (Å²) in [4.78, 5) is 20.8. The van der Waals surface area contributed by atoms with Crippen LogP contribution in [0, 0.1) is 0 Å². The van der Waals surface area contributed by atoms with Gasteiger partial charge in [-0.3, -0.25) is 0 Å². The third-order valence-electron chi connectivity index (χ3n) is 4.10. The van der Waals surface area contributed by atoms with Gasteiger partial charge in [-0.1, -0.05) is 17.7 Å². The van der Waals surface area contributed by atoms with Gasteiger partial charge in [-0.2, -0.15) is 0 Å². The molecule has 25 heavy (non-hydrogen) atoms. The van der Waals surface area contributed by atoms with Crippen molar-refractivity contribution in [1.82, 2.24) is 4.98 Å². The maximum absolute atomic E-state index is 11.9. The summed E-state index contributed by atoms with van der Waals surface area (Å²) in [6, 6.07) is 11.6. The van der Waals surface area contributed by atoms with Crippen LogP contribution in [0.4, 0.5) is 11.5 Å². The first kappa shape index (κ1) is 17.5. The average molecular weight is 360 g/mol. The molecule has 2 aromatic rings. The fraction of sp³-hybridized carbons (Fsp3) is 0.368. The van der Waals surface area contributed by atoms with Crippen molar-refractivity contribution in [3.05, 3.63) is 53.2 Å². The minimum Gasteiger partial charge on any atom is -0.459 e. The summed E-state index contributed by atoms with van der Waals surface area (Å²) in [5, 5.41) is 0.755. The predicted octanol–water partition coefficient (Wildman–Crippen LogP) is 3.63. The van der Waals surface area contributed by atoms with Crippen molar-refractivity contribution in [2.45, 2.75) is 20.0 Å². The molecular formula is C19H22ClN3O2. The van der Waals surface area contributed by atoms with Gasteiger partial charge in [0.15, 0.2) is 0 Å². The van der Waals surface area contributed by atoms with Crippen LogP contribution in [0.1, 0.15) is 24.2 Å². The summed E-state index contributed by atoms with van der Waals surface area (Å²) in [7, 11) is 0. The van der Waals surface area contributed by atoms with Crippen LogP contribution in [0.5, 0.6) is 0 Å². The molecule has 2 heterocycles. The second-order valence-corrected chi connectivity index (χ2v) is 6.75. The molecule has 0 aliphatic carbocycles. The molecule has 132 valence electrons. The Balaban J connectivity index is 1.60. The zero-order chi connectivity index (χ0) is 17.8. The molecule has 0 atom stereocenters. The minimum absolute atomic E-state index is 0.133. The second-order valence-electron chi connectivity index (χ2n) is 6.31. The first-order valence-electron chi connectivity index (χ1n) is 8.45. The zero-order valence-electron chi connectivity index (χ0n) is 14.5. The van der Waals surface area contributed by atoms with Gasteiger partial charge in [0, 0.05) is 43.1 Å². The molecule has 0 N–H and O–H groups in total. The summed E-state index contributed by atoms with van der Waals surface area (Å²) in [5.74, 6) is 0.548. The molecule has 1 aliphatic heterocycles. The Bertz CT molecular complexity index is 726. The van der Waals surface area contributed by atoms with E-state index in [1.165, 1.54) is 0 Å². The summed E-state index contributed by atoms with van der Waals surface area (Å²) in [6.07, 6.45) is 1.45. The van der Waals surface area contributed by atoms with Crippen molar-refractivity contribution < 1.29 is 9.53 Å². The number of piperazine rings is 1. The van der Waals surface area contributed by atoms with Gasteiger partial charge in [-0.25, -0.2) is 9.78 Å². The Morgan fingerprint density at radius 3 is 2.44 bits per heavy atom. The minimum atomic E-state index is -0.333. The maximum Gasteiger partial charge on any atom is 0.339 e. The number of hydrogen-bond acceptors (Lipinski definition) is 5. The number of benzene rings is 1. The first-order valence-corrected chi connectivity index (χ1v) is 8.83. The third kappa shape index (κ3) is 4.42. The van der Waals surface area contributed by atoms with Crippen molar-refractivity contribution in [1.29, 1.82) is 0 Å². The van der Waals surface area contributed by atoms with Gasteiger partial charge in [0.2, 0.25) is 0 Å². The van der Waals surface area contributed by atoms with Crippen molar-refractivity contribution >= 4 is 29.1 Å². The number of hydrogen-bond donors (Lipinski definition) is 0. The number of esters is 1. The number of pyridine rings is 1. The van der Waals surface area contributed by atoms with Crippen LogP contribution in [0.3, 0.4) is 0 Å². The normalized spacial score (nSPS) is 14.7. The highest BCUT2D eigenvalue weighted by atomic mass is 35.5. The molecule has 0 spiro atoms. The van der Waals surface area contributed by atoms with Crippen molar-refractivity contribution in [2.75, 3.05) is 36.0 Å². The summed E-state index contributed by atoms with van der Waals surface area (Å²) in [5.41, 5.74) is 1.63. The van der Waals surface area contributed by atoms with Gasteiger partial charge < -0.3 is 14.5 Å². The molecule has 0 unspecified atom stereocenters. The number of ether oxygens (including phenoxy) is 1. The van der Waals surface area contributed by atoms with Crippen molar-refractivity contribution in [3.63, 3.8) is 0 Å². The zero-order valence-corrected chi connectivity index (χ0v) is 15.2. The van der Waals surface area contributed by atoms with Gasteiger partial charge in [0.1, 0.15) is 5.82 Å². The number of halogens is 1. The highest BCUT2D eigenvalue weighted by Gasteiger charge is 2.19. The summed E-state index contributed by atoms with van der Waals surface area (Å²) < 4.78 is 5.18. The van der Waals surface area contributed by atoms with E-state index in [0.717, 1.165) is 42.7 Å². The fourth-order valence-electron chi connectivity index (χ4n) is 2.84. The van der Waals surface area contributed by atoms with Crippen LogP contribution in [-0.4, -0.2) is 43.2 Å². The van der Waals surface area contributed by atoms with Crippen LogP contribution in [0.25, 0.3) is 0 Å². The SMILES string of the molecule is CC(C)OC(=O)c1ccc(N2CCN(c3cccc(Cl)c3)CC2)nc1. The lowest BCUT2D eigenvalue weighted by molar-refractivity contribution is 0.0377. The smallest absolute Gasteiger partial charge is 0.339 e. The van der Waals surface area contributed by atoms with E-state index in [-0.39, 0.29) is 12.1 Å². The van der Waals surface area contributed by atoms with Gasteiger partial charge in [0.25, 0.3) is 0 Å². The highest BCUT2D eigenvalue weighted by Crippen LogP contribution is 2.22. The molecule has 1 aromatic heterocycles. The van der Waals surface area contributed by atoms with Gasteiger partial charge in [-0.15, -0.1) is 0 Å². The average Bonchev–Trinajstić information content (AvgIpc) is 2.61. The molecule has 3 rings (SSSR count). The molecule has 0 amide bonds. The van der Waals surface area contributed by atoms with E-state index in [4.69, 9.17) is 16.3 Å². The molecule has 0 bridgehead atoms. The lowest BCUT2D eigenvalue weighted by Crippen LogP contribution is -2.46. The topological polar surface area (TPSA) is 45.7 Å². The van der Waals surface area contributed by atoms with E-state index < -0.39 is 0 Å². The quantitative estimate of drug-likeness (QED) is 0.780. The number of rotatable bonds is 4. The highest BCUT2D eigenvalue weighted by molar-refractivity contribution is 6.30. The van der Waals surface area contributed by atoms with Gasteiger partial charge >= 0.3 is 5.97 Å². The molecule has 1 saturated heterocycles. The Hall–Kier alpha value is -2.27. The van der Waals surface area contributed by atoms with E-state index in [0.29, 0.717) is 5.56 Å². The summed E-state index contributed by atoms with van der Waals surface area (Å²) in [6.45, 7) is 7.21. The molecule has 0 saturated carbocycles. The van der Waals surface area contributed by atoms with Gasteiger partial charge in [-0.05, 0) is 44.2 Å². The molecule has 1 fully saturated rings. The van der Waals surface area contributed by atoms with Crippen molar-refractivity contribution in [2.24, 2.45) is 0 Å². The predicted molar refractivity (Wildman–Crippen MR) is 101 cm³/mol. The van der Waals surface area contributed by atoms with Gasteiger partial charge in [0.05, 0.1) is 11.7 Å². The lowest BCUT2D eigenvalue weighted by Gasteiger charge is -2.36. The number of aromatic nitrogens is 1. The Morgan fingerprint density at radius 2 is 1.84 bits per heavy atom. The molecule has 0 radical (unpaired) electrons. The van der Waals surface area contributed by atoms with Crippen molar-refractivity contribution in [3.8, 4) is 0 Å². The van der Waals surface area contributed by atoms with E-state index in [1.54, 1.807) is 12.3 Å². The number of anilines is 2. The van der Waals surface area contributed by atoms with Crippen LogP contribution in [-0.2, 0) is 4.74 Å². The first-order chi connectivity index (χ1) is 12.0. The molecular weight excluding hydrogens is 338 g/mol. The number of nitrogens with zero attached hydrogens (tertiary/aromatic N) is 3. The fourth-order valence-corrected chi connectivity index (χ4v) is 3.03. The van der Waals surface area contributed by atoms with Crippen LogP contribution >= 0.6 is 11.6 Å².